The van der Waals surface area contributed by atoms with Crippen molar-refractivity contribution in [2.75, 3.05) is 6.61 Å². The van der Waals surface area contributed by atoms with Crippen LogP contribution in [0, 0.1) is 0 Å². The van der Waals surface area contributed by atoms with Crippen molar-refractivity contribution >= 4 is 5.97 Å². The van der Waals surface area contributed by atoms with Gasteiger partial charge in [0.05, 0.1) is 26.4 Å². The van der Waals surface area contributed by atoms with Gasteiger partial charge >= 0.3 is 5.97 Å². The molecule has 6 nitrogen and oxygen atoms in total. The lowest BCUT2D eigenvalue weighted by Crippen LogP contribution is -2.57. The van der Waals surface area contributed by atoms with Crippen LogP contribution in [0.15, 0.2) is 91.0 Å². The van der Waals surface area contributed by atoms with Gasteiger partial charge in [-0.3, -0.25) is 4.79 Å². The molecule has 3 aromatic rings. The second-order valence-corrected chi connectivity index (χ2v) is 8.17. The molecule has 0 aliphatic carbocycles. The van der Waals surface area contributed by atoms with Gasteiger partial charge < -0.3 is 23.7 Å². The van der Waals surface area contributed by atoms with Crippen molar-refractivity contribution in [1.29, 1.82) is 0 Å². The van der Waals surface area contributed by atoms with E-state index in [1.54, 1.807) is 0 Å². The quantitative estimate of drug-likeness (QED) is 0.409. The van der Waals surface area contributed by atoms with E-state index in [1.165, 1.54) is 6.92 Å². The molecule has 1 heterocycles. The van der Waals surface area contributed by atoms with Gasteiger partial charge in [-0.15, -0.1) is 0 Å². The molecule has 34 heavy (non-hydrogen) atoms. The SMILES string of the molecule is CC(=O)OC1OC[C@@H](OCc2ccccc2)[C@H](OCc2ccccc2)[C@@H]1OCc1ccccc1. The number of ether oxygens (including phenoxy) is 5. The van der Waals surface area contributed by atoms with Crippen LogP contribution in [0.5, 0.6) is 0 Å². The Morgan fingerprint density at radius 1 is 0.706 bits per heavy atom. The van der Waals surface area contributed by atoms with E-state index in [0.29, 0.717) is 19.8 Å². The van der Waals surface area contributed by atoms with Crippen LogP contribution < -0.4 is 0 Å². The highest BCUT2D eigenvalue weighted by atomic mass is 16.7. The molecule has 0 saturated carbocycles. The van der Waals surface area contributed by atoms with Crippen molar-refractivity contribution < 1.29 is 28.5 Å². The van der Waals surface area contributed by atoms with Gasteiger partial charge in [0.1, 0.15) is 18.3 Å². The third-order valence-electron chi connectivity index (χ3n) is 5.54. The largest absolute Gasteiger partial charge is 0.433 e. The molecule has 1 aliphatic heterocycles. The molecule has 1 fully saturated rings. The Morgan fingerprint density at radius 3 is 1.62 bits per heavy atom. The summed E-state index contributed by atoms with van der Waals surface area (Å²) in [5.41, 5.74) is 3.08. The van der Waals surface area contributed by atoms with Crippen LogP contribution in [0.25, 0.3) is 0 Å². The van der Waals surface area contributed by atoms with E-state index in [1.807, 2.05) is 91.0 Å². The smallest absolute Gasteiger partial charge is 0.305 e. The van der Waals surface area contributed by atoms with E-state index in [2.05, 4.69) is 0 Å². The summed E-state index contributed by atoms with van der Waals surface area (Å²) in [7, 11) is 0. The van der Waals surface area contributed by atoms with Crippen molar-refractivity contribution in [1.82, 2.24) is 0 Å². The fourth-order valence-electron chi connectivity index (χ4n) is 3.84. The number of benzene rings is 3. The van der Waals surface area contributed by atoms with Gasteiger partial charge in [0, 0.05) is 6.92 Å². The molecule has 1 saturated heterocycles. The molecule has 4 rings (SSSR count). The molecule has 4 atom stereocenters. The molecule has 0 bridgehead atoms. The fraction of sp³-hybridized carbons (Fsp3) is 0.321. The standard InChI is InChI=1S/C28H30O6/c1-21(29)34-28-27(32-19-24-15-9-4-10-16-24)26(31-18-23-13-7-3-8-14-23)25(20-33-28)30-17-22-11-5-2-6-12-22/h2-16,25-28H,17-20H2,1H3/t25-,26+,27+,28?/m1/s1. The van der Waals surface area contributed by atoms with E-state index >= 15 is 0 Å². The van der Waals surface area contributed by atoms with Gasteiger partial charge in [-0.25, -0.2) is 0 Å². The zero-order chi connectivity index (χ0) is 23.6. The third-order valence-corrected chi connectivity index (χ3v) is 5.54. The minimum atomic E-state index is -0.890. The predicted molar refractivity (Wildman–Crippen MR) is 127 cm³/mol. The molecule has 0 N–H and O–H groups in total. The number of carbonyl (C=O) groups excluding carboxylic acids is 1. The Bertz CT molecular complexity index is 995. The Hall–Kier alpha value is -3.03. The van der Waals surface area contributed by atoms with Gasteiger partial charge in [0.15, 0.2) is 0 Å². The monoisotopic (exact) mass is 462 g/mol. The number of hydrogen-bond acceptors (Lipinski definition) is 6. The number of hydrogen-bond donors (Lipinski definition) is 0. The first-order valence-electron chi connectivity index (χ1n) is 11.4. The average molecular weight is 463 g/mol. The molecule has 0 spiro atoms. The highest BCUT2D eigenvalue weighted by Crippen LogP contribution is 2.27. The summed E-state index contributed by atoms with van der Waals surface area (Å²) in [6.07, 6.45) is -2.47. The molecular weight excluding hydrogens is 432 g/mol. The van der Waals surface area contributed by atoms with Gasteiger partial charge in [-0.2, -0.15) is 0 Å². The molecule has 0 radical (unpaired) electrons. The highest BCUT2D eigenvalue weighted by Gasteiger charge is 2.44. The van der Waals surface area contributed by atoms with Crippen LogP contribution in [0.1, 0.15) is 23.6 Å². The lowest BCUT2D eigenvalue weighted by Gasteiger charge is -2.41. The van der Waals surface area contributed by atoms with Crippen LogP contribution in [0.2, 0.25) is 0 Å². The summed E-state index contributed by atoms with van der Waals surface area (Å²) >= 11 is 0. The molecule has 1 unspecified atom stereocenters. The Labute approximate surface area is 200 Å². The average Bonchev–Trinajstić information content (AvgIpc) is 2.87. The normalized spacial score (nSPS) is 22.3. The maximum absolute atomic E-state index is 11.8. The maximum Gasteiger partial charge on any atom is 0.305 e. The number of esters is 1. The second-order valence-electron chi connectivity index (χ2n) is 8.17. The first kappa shape index (κ1) is 24.1. The zero-order valence-electron chi connectivity index (χ0n) is 19.2. The lowest BCUT2D eigenvalue weighted by molar-refractivity contribution is -0.291. The molecule has 1 aliphatic rings. The van der Waals surface area contributed by atoms with Crippen LogP contribution in [0.4, 0.5) is 0 Å². The number of rotatable bonds is 10. The van der Waals surface area contributed by atoms with E-state index in [-0.39, 0.29) is 6.61 Å². The highest BCUT2D eigenvalue weighted by molar-refractivity contribution is 5.66. The zero-order valence-corrected chi connectivity index (χ0v) is 19.2. The lowest BCUT2D eigenvalue weighted by atomic mass is 10.0. The van der Waals surface area contributed by atoms with Gasteiger partial charge in [-0.05, 0) is 16.7 Å². The summed E-state index contributed by atoms with van der Waals surface area (Å²) in [5, 5.41) is 0. The Balaban J connectivity index is 1.53. The first-order valence-corrected chi connectivity index (χ1v) is 11.4. The van der Waals surface area contributed by atoms with Crippen molar-refractivity contribution in [3.05, 3.63) is 108 Å². The summed E-state index contributed by atoms with van der Waals surface area (Å²) in [6.45, 7) is 2.67. The summed E-state index contributed by atoms with van der Waals surface area (Å²) in [4.78, 5) is 11.8. The van der Waals surface area contributed by atoms with E-state index in [4.69, 9.17) is 23.7 Å². The Kier molecular flexibility index (Phi) is 8.82. The Morgan fingerprint density at radius 2 is 1.15 bits per heavy atom. The van der Waals surface area contributed by atoms with Gasteiger partial charge in [0.25, 0.3) is 0 Å². The number of carbonyl (C=O) groups is 1. The fourth-order valence-corrected chi connectivity index (χ4v) is 3.84. The van der Waals surface area contributed by atoms with Crippen LogP contribution in [-0.4, -0.2) is 37.2 Å². The van der Waals surface area contributed by atoms with Crippen molar-refractivity contribution in [3.8, 4) is 0 Å². The molecule has 0 aromatic heterocycles. The third kappa shape index (κ3) is 6.98. The molecule has 0 amide bonds. The van der Waals surface area contributed by atoms with E-state index in [0.717, 1.165) is 16.7 Å². The molecule has 6 heteroatoms. The molecule has 178 valence electrons. The van der Waals surface area contributed by atoms with Crippen LogP contribution in [-0.2, 0) is 48.3 Å². The summed E-state index contributed by atoms with van der Waals surface area (Å²) < 4.78 is 30.2. The van der Waals surface area contributed by atoms with E-state index in [9.17, 15) is 4.79 Å². The van der Waals surface area contributed by atoms with Crippen LogP contribution in [0.3, 0.4) is 0 Å². The first-order chi connectivity index (χ1) is 16.7. The summed E-state index contributed by atoms with van der Waals surface area (Å²) in [6, 6.07) is 29.7. The molecule has 3 aromatic carbocycles. The van der Waals surface area contributed by atoms with Crippen molar-refractivity contribution in [2.45, 2.75) is 51.3 Å². The second kappa shape index (κ2) is 12.4. The van der Waals surface area contributed by atoms with Crippen LogP contribution >= 0.6 is 0 Å². The van der Waals surface area contributed by atoms with Crippen molar-refractivity contribution in [2.24, 2.45) is 0 Å². The maximum atomic E-state index is 11.8. The molecular formula is C28H30O6. The van der Waals surface area contributed by atoms with Gasteiger partial charge in [0.2, 0.25) is 6.29 Å². The minimum Gasteiger partial charge on any atom is -0.433 e. The predicted octanol–water partition coefficient (Wildman–Crippen LogP) is 4.66. The summed E-state index contributed by atoms with van der Waals surface area (Å²) in [5.74, 6) is -0.441. The van der Waals surface area contributed by atoms with Gasteiger partial charge in [-0.1, -0.05) is 91.0 Å². The topological polar surface area (TPSA) is 63.2 Å². The van der Waals surface area contributed by atoms with E-state index < -0.39 is 30.6 Å². The minimum absolute atomic E-state index is 0.218. The van der Waals surface area contributed by atoms with Crippen molar-refractivity contribution in [3.63, 3.8) is 0 Å².